The summed E-state index contributed by atoms with van der Waals surface area (Å²) in [4.78, 5) is 4.16. The molecule has 4 nitrogen and oxygen atoms in total. The Hall–Kier alpha value is -2.02. The lowest BCUT2D eigenvalue weighted by molar-refractivity contribution is -0.137. The van der Waals surface area contributed by atoms with Crippen LogP contribution >= 0.6 is 0 Å². The van der Waals surface area contributed by atoms with Gasteiger partial charge in [-0.05, 0) is 17.7 Å². The molecule has 0 bridgehead atoms. The van der Waals surface area contributed by atoms with Crippen LogP contribution < -0.4 is 5.32 Å². The second kappa shape index (κ2) is 6.62. The molecular weight excluding hydrogens is 283 g/mol. The van der Waals surface area contributed by atoms with Gasteiger partial charge in [-0.3, -0.25) is 0 Å². The molecule has 0 spiro atoms. The second-order valence-electron chi connectivity index (χ2n) is 4.49. The van der Waals surface area contributed by atoms with Crippen molar-refractivity contribution < 1.29 is 17.9 Å². The molecule has 1 aromatic heterocycles. The number of halogens is 3. The van der Waals surface area contributed by atoms with E-state index in [1.807, 2.05) is 10.8 Å². The molecule has 0 fully saturated rings. The van der Waals surface area contributed by atoms with E-state index < -0.39 is 11.7 Å². The van der Waals surface area contributed by atoms with Gasteiger partial charge >= 0.3 is 6.18 Å². The van der Waals surface area contributed by atoms with Crippen molar-refractivity contribution in [3.8, 4) is 0 Å². The summed E-state index contributed by atoms with van der Waals surface area (Å²) in [5, 5.41) is 3.09. The second-order valence-corrected chi connectivity index (χ2v) is 4.49. The van der Waals surface area contributed by atoms with Gasteiger partial charge in [0.1, 0.15) is 0 Å². The third-order valence-electron chi connectivity index (χ3n) is 2.98. The van der Waals surface area contributed by atoms with Crippen LogP contribution in [0.25, 0.3) is 0 Å². The summed E-state index contributed by atoms with van der Waals surface area (Å²) in [6, 6.07) is 5.07. The number of nitrogens with one attached hydrogen (secondary N) is 1. The van der Waals surface area contributed by atoms with Crippen molar-refractivity contribution in [2.75, 3.05) is 19.0 Å². The van der Waals surface area contributed by atoms with Crippen molar-refractivity contribution >= 4 is 5.95 Å². The van der Waals surface area contributed by atoms with Crippen molar-refractivity contribution in [1.82, 2.24) is 9.55 Å². The summed E-state index contributed by atoms with van der Waals surface area (Å²) in [6.45, 7) is 1.62. The Balaban J connectivity index is 1.95. The lowest BCUT2D eigenvalue weighted by Crippen LogP contribution is -2.10. The van der Waals surface area contributed by atoms with Gasteiger partial charge in [0.25, 0.3) is 0 Å². The summed E-state index contributed by atoms with van der Waals surface area (Å²) in [7, 11) is 1.62. The summed E-state index contributed by atoms with van der Waals surface area (Å²) in [6.07, 6.45) is -0.832. The largest absolute Gasteiger partial charge is 0.416 e. The Morgan fingerprint density at radius 2 is 1.95 bits per heavy atom. The van der Waals surface area contributed by atoms with E-state index >= 15 is 0 Å². The topological polar surface area (TPSA) is 39.1 Å². The van der Waals surface area contributed by atoms with Crippen LogP contribution in [0.2, 0.25) is 0 Å². The first-order valence-corrected chi connectivity index (χ1v) is 6.41. The third kappa shape index (κ3) is 4.22. The van der Waals surface area contributed by atoms with Gasteiger partial charge in [-0.25, -0.2) is 4.98 Å². The van der Waals surface area contributed by atoms with Gasteiger partial charge in [-0.2, -0.15) is 13.2 Å². The van der Waals surface area contributed by atoms with Gasteiger partial charge in [0.05, 0.1) is 12.2 Å². The Kier molecular flexibility index (Phi) is 4.85. The van der Waals surface area contributed by atoms with Crippen LogP contribution in [-0.2, 0) is 24.0 Å². The zero-order valence-electron chi connectivity index (χ0n) is 11.5. The summed E-state index contributed by atoms with van der Waals surface area (Å²) >= 11 is 0. The van der Waals surface area contributed by atoms with Crippen molar-refractivity contribution in [2.24, 2.45) is 0 Å². The minimum absolute atomic E-state index is 0.405. The number of nitrogens with zero attached hydrogens (tertiary/aromatic N) is 2. The van der Waals surface area contributed by atoms with Crippen LogP contribution in [0.1, 0.15) is 11.1 Å². The average molecular weight is 299 g/mol. The Morgan fingerprint density at radius 1 is 1.24 bits per heavy atom. The maximum absolute atomic E-state index is 12.5. The highest BCUT2D eigenvalue weighted by atomic mass is 19.4. The van der Waals surface area contributed by atoms with E-state index in [2.05, 4.69) is 10.3 Å². The van der Waals surface area contributed by atoms with E-state index in [9.17, 15) is 13.2 Å². The number of methoxy groups -OCH3 is 1. The van der Waals surface area contributed by atoms with Crippen molar-refractivity contribution in [1.29, 1.82) is 0 Å². The van der Waals surface area contributed by atoms with E-state index in [4.69, 9.17) is 4.74 Å². The number of aromatic nitrogens is 2. The predicted molar refractivity (Wildman–Crippen MR) is 72.9 cm³/mol. The molecule has 1 heterocycles. The normalized spacial score (nSPS) is 11.6. The molecule has 0 saturated carbocycles. The third-order valence-corrected chi connectivity index (χ3v) is 2.98. The summed E-state index contributed by atoms with van der Waals surface area (Å²) in [5.41, 5.74) is 0.108. The molecule has 0 unspecified atom stereocenters. The number of ether oxygens (including phenoxy) is 1. The number of alkyl halides is 3. The van der Waals surface area contributed by atoms with Gasteiger partial charge in [0, 0.05) is 32.6 Å². The smallest absolute Gasteiger partial charge is 0.383 e. The van der Waals surface area contributed by atoms with Crippen LogP contribution in [0.5, 0.6) is 0 Å². The molecule has 0 radical (unpaired) electrons. The maximum Gasteiger partial charge on any atom is 0.416 e. The zero-order chi connectivity index (χ0) is 15.3. The first-order valence-electron chi connectivity index (χ1n) is 6.41. The number of hydrogen-bond acceptors (Lipinski definition) is 3. The number of anilines is 1. The van der Waals surface area contributed by atoms with Gasteiger partial charge in [-0.15, -0.1) is 0 Å². The van der Waals surface area contributed by atoms with Crippen LogP contribution in [-0.4, -0.2) is 23.3 Å². The molecule has 21 heavy (non-hydrogen) atoms. The molecule has 0 aliphatic heterocycles. The lowest BCUT2D eigenvalue weighted by Gasteiger charge is -2.10. The molecule has 1 aromatic carbocycles. The first-order chi connectivity index (χ1) is 10.0. The van der Waals surface area contributed by atoms with Gasteiger partial charge in [0.2, 0.25) is 5.95 Å². The average Bonchev–Trinajstić information content (AvgIpc) is 2.90. The number of hydrogen-bond donors (Lipinski definition) is 1. The fourth-order valence-electron chi connectivity index (χ4n) is 1.84. The molecule has 7 heteroatoms. The van der Waals surface area contributed by atoms with Crippen LogP contribution in [0.3, 0.4) is 0 Å². The highest BCUT2D eigenvalue weighted by Gasteiger charge is 2.29. The van der Waals surface area contributed by atoms with E-state index in [1.54, 1.807) is 13.3 Å². The van der Waals surface area contributed by atoms with E-state index in [1.165, 1.54) is 12.1 Å². The monoisotopic (exact) mass is 299 g/mol. The SMILES string of the molecule is COCCn1ccnc1NCc1ccc(C(F)(F)F)cc1. The molecule has 0 amide bonds. The summed E-state index contributed by atoms with van der Waals surface area (Å²) in [5.74, 6) is 0.659. The molecule has 2 aromatic rings. The van der Waals surface area contributed by atoms with Gasteiger partial charge in [-0.1, -0.05) is 12.1 Å². The van der Waals surface area contributed by atoms with Gasteiger partial charge < -0.3 is 14.6 Å². The fraction of sp³-hybridized carbons (Fsp3) is 0.357. The lowest BCUT2D eigenvalue weighted by atomic mass is 10.1. The van der Waals surface area contributed by atoms with Crippen LogP contribution in [0.4, 0.5) is 19.1 Å². The van der Waals surface area contributed by atoms with Crippen LogP contribution in [0.15, 0.2) is 36.7 Å². The standard InChI is InChI=1S/C14H16F3N3O/c1-21-9-8-20-7-6-18-13(20)19-10-11-2-4-12(5-3-11)14(15,16)17/h2-7H,8-10H2,1H3,(H,18,19). The summed E-state index contributed by atoms with van der Waals surface area (Å²) < 4.78 is 44.3. The van der Waals surface area contributed by atoms with Gasteiger partial charge in [0.15, 0.2) is 0 Å². The molecule has 0 aliphatic rings. The molecule has 0 atom stereocenters. The quantitative estimate of drug-likeness (QED) is 0.890. The minimum Gasteiger partial charge on any atom is -0.383 e. The van der Waals surface area contributed by atoms with E-state index in [-0.39, 0.29) is 0 Å². The molecule has 114 valence electrons. The van der Waals surface area contributed by atoms with Crippen molar-refractivity contribution in [3.63, 3.8) is 0 Å². The molecule has 0 aliphatic carbocycles. The molecule has 1 N–H and O–H groups in total. The first kappa shape index (κ1) is 15.4. The Labute approximate surface area is 120 Å². The van der Waals surface area contributed by atoms with Crippen molar-refractivity contribution in [2.45, 2.75) is 19.3 Å². The molecular formula is C14H16F3N3O. The zero-order valence-corrected chi connectivity index (χ0v) is 11.5. The minimum atomic E-state index is -4.30. The number of benzene rings is 1. The highest BCUT2D eigenvalue weighted by molar-refractivity contribution is 5.31. The van der Waals surface area contributed by atoms with E-state index in [0.717, 1.165) is 17.7 Å². The highest BCUT2D eigenvalue weighted by Crippen LogP contribution is 2.29. The molecule has 0 saturated heterocycles. The predicted octanol–water partition coefficient (Wildman–Crippen LogP) is 3.16. The van der Waals surface area contributed by atoms with Crippen LogP contribution in [0, 0.1) is 0 Å². The van der Waals surface area contributed by atoms with Crippen molar-refractivity contribution in [3.05, 3.63) is 47.8 Å². The molecule has 2 rings (SSSR count). The Bertz CT molecular complexity index is 564. The maximum atomic E-state index is 12.5. The fourth-order valence-corrected chi connectivity index (χ4v) is 1.84. The number of rotatable bonds is 6. The number of imidazole rings is 1. The Morgan fingerprint density at radius 3 is 2.57 bits per heavy atom. The van der Waals surface area contributed by atoms with E-state index in [0.29, 0.717) is 25.6 Å².